The van der Waals surface area contributed by atoms with Crippen LogP contribution in [0.25, 0.3) is 0 Å². The van der Waals surface area contributed by atoms with Crippen molar-refractivity contribution in [3.05, 3.63) is 29.8 Å². The number of nitrogens with zero attached hydrogens (tertiary/aromatic N) is 1. The van der Waals surface area contributed by atoms with Gasteiger partial charge in [0.25, 0.3) is 0 Å². The van der Waals surface area contributed by atoms with E-state index in [1.807, 2.05) is 18.2 Å². The highest BCUT2D eigenvalue weighted by molar-refractivity contribution is 5.80. The minimum absolute atomic E-state index is 0.0293. The van der Waals surface area contributed by atoms with Crippen molar-refractivity contribution in [1.82, 2.24) is 4.90 Å². The minimum Gasteiger partial charge on any atom is -0.492 e. The van der Waals surface area contributed by atoms with Gasteiger partial charge in [0.2, 0.25) is 5.91 Å². The second kappa shape index (κ2) is 6.48. The van der Waals surface area contributed by atoms with Crippen molar-refractivity contribution >= 4 is 5.91 Å². The quantitative estimate of drug-likeness (QED) is 0.921. The van der Waals surface area contributed by atoms with Crippen LogP contribution in [0, 0.1) is 5.92 Å². The zero-order valence-electron chi connectivity index (χ0n) is 12.5. The van der Waals surface area contributed by atoms with Gasteiger partial charge in [-0.2, -0.15) is 0 Å². The molecule has 0 spiro atoms. The Balaban J connectivity index is 1.66. The van der Waals surface area contributed by atoms with Gasteiger partial charge in [0, 0.05) is 12.6 Å². The zero-order valence-corrected chi connectivity index (χ0v) is 12.5. The normalized spacial score (nSPS) is 24.5. The number of para-hydroxylation sites is 1. The van der Waals surface area contributed by atoms with Crippen molar-refractivity contribution in [2.75, 3.05) is 19.7 Å². The average molecular weight is 288 g/mol. The zero-order chi connectivity index (χ0) is 14.7. The third-order valence-corrected chi connectivity index (χ3v) is 4.63. The first-order valence-corrected chi connectivity index (χ1v) is 8.01. The van der Waals surface area contributed by atoms with Crippen LogP contribution in [0.15, 0.2) is 24.3 Å². The molecule has 2 atom stereocenters. The van der Waals surface area contributed by atoms with Crippen LogP contribution in [0.2, 0.25) is 0 Å². The van der Waals surface area contributed by atoms with Gasteiger partial charge in [-0.1, -0.05) is 18.2 Å². The van der Waals surface area contributed by atoms with Crippen LogP contribution in [0.4, 0.5) is 0 Å². The molecule has 3 rings (SSSR count). The maximum atomic E-state index is 12.8. The van der Waals surface area contributed by atoms with E-state index in [9.17, 15) is 4.79 Å². The predicted molar refractivity (Wildman–Crippen MR) is 82.2 cm³/mol. The number of carbonyl (C=O) groups is 1. The van der Waals surface area contributed by atoms with Crippen LogP contribution in [-0.4, -0.2) is 36.5 Å². The van der Waals surface area contributed by atoms with Gasteiger partial charge in [-0.05, 0) is 50.3 Å². The fourth-order valence-electron chi connectivity index (χ4n) is 3.50. The molecule has 2 heterocycles. The molecular weight excluding hydrogens is 264 g/mol. The van der Waals surface area contributed by atoms with Gasteiger partial charge in [0.15, 0.2) is 0 Å². The lowest BCUT2D eigenvalue weighted by molar-refractivity contribution is -0.137. The molecule has 2 N–H and O–H groups in total. The summed E-state index contributed by atoms with van der Waals surface area (Å²) in [6, 6.07) is 8.41. The molecular formula is C17H24N2O2. The van der Waals surface area contributed by atoms with E-state index in [1.165, 1.54) is 0 Å². The Morgan fingerprint density at radius 2 is 2.24 bits per heavy atom. The molecule has 0 aromatic heterocycles. The predicted octanol–water partition coefficient (Wildman–Crippen LogP) is 1.97. The minimum atomic E-state index is -0.0293. The second-order valence-electron chi connectivity index (χ2n) is 6.08. The van der Waals surface area contributed by atoms with Gasteiger partial charge in [0.1, 0.15) is 12.4 Å². The average Bonchev–Trinajstić information content (AvgIpc) is 3.00. The Hall–Kier alpha value is -1.55. The number of hydrogen-bond donors (Lipinski definition) is 1. The summed E-state index contributed by atoms with van der Waals surface area (Å²) in [5, 5.41) is 0. The molecule has 4 heteroatoms. The van der Waals surface area contributed by atoms with E-state index in [4.69, 9.17) is 10.5 Å². The summed E-state index contributed by atoms with van der Waals surface area (Å²) in [6.45, 7) is 2.11. The molecule has 1 aromatic rings. The van der Waals surface area contributed by atoms with Crippen LogP contribution in [-0.2, 0) is 11.2 Å². The van der Waals surface area contributed by atoms with Crippen molar-refractivity contribution in [2.24, 2.45) is 11.7 Å². The highest BCUT2D eigenvalue weighted by Gasteiger charge is 2.34. The SMILES string of the molecule is NCCCC1CCCN1C(=O)C1COc2ccccc2C1. The summed E-state index contributed by atoms with van der Waals surface area (Å²) in [5.41, 5.74) is 6.75. The third-order valence-electron chi connectivity index (χ3n) is 4.63. The van der Waals surface area contributed by atoms with E-state index in [1.54, 1.807) is 0 Å². The summed E-state index contributed by atoms with van der Waals surface area (Å²) in [7, 11) is 0. The van der Waals surface area contributed by atoms with Crippen LogP contribution < -0.4 is 10.5 Å². The number of hydrogen-bond acceptors (Lipinski definition) is 3. The first kappa shape index (κ1) is 14.4. The summed E-state index contributed by atoms with van der Waals surface area (Å²) >= 11 is 0. The standard InChI is InChI=1S/C17H24N2O2/c18-9-3-6-15-7-4-10-19(15)17(20)14-11-13-5-1-2-8-16(13)21-12-14/h1-2,5,8,14-15H,3-4,6-7,9-12,18H2. The maximum Gasteiger partial charge on any atom is 0.229 e. The first-order chi connectivity index (χ1) is 10.3. The smallest absolute Gasteiger partial charge is 0.229 e. The lowest BCUT2D eigenvalue weighted by atomic mass is 9.95. The van der Waals surface area contributed by atoms with Gasteiger partial charge < -0.3 is 15.4 Å². The summed E-state index contributed by atoms with van der Waals surface area (Å²) in [5.74, 6) is 1.17. The monoisotopic (exact) mass is 288 g/mol. The Labute approximate surface area is 126 Å². The summed E-state index contributed by atoms with van der Waals surface area (Å²) in [6.07, 6.45) is 5.07. The number of carbonyl (C=O) groups excluding carboxylic acids is 1. The number of fused-ring (bicyclic) bond motifs is 1. The first-order valence-electron chi connectivity index (χ1n) is 8.01. The molecule has 1 aromatic carbocycles. The second-order valence-corrected chi connectivity index (χ2v) is 6.08. The number of likely N-dealkylation sites (tertiary alicyclic amines) is 1. The number of rotatable bonds is 4. The lowest BCUT2D eigenvalue weighted by Crippen LogP contribution is -2.43. The Morgan fingerprint density at radius 1 is 1.38 bits per heavy atom. The van der Waals surface area contributed by atoms with Crippen LogP contribution in [0.1, 0.15) is 31.2 Å². The lowest BCUT2D eigenvalue weighted by Gasteiger charge is -2.31. The molecule has 0 bridgehead atoms. The fourth-order valence-corrected chi connectivity index (χ4v) is 3.50. The van der Waals surface area contributed by atoms with Crippen molar-refractivity contribution in [3.8, 4) is 5.75 Å². The van der Waals surface area contributed by atoms with Crippen molar-refractivity contribution < 1.29 is 9.53 Å². The molecule has 4 nitrogen and oxygen atoms in total. The van der Waals surface area contributed by atoms with Gasteiger partial charge in [-0.15, -0.1) is 0 Å². The Bertz CT molecular complexity index is 503. The molecule has 21 heavy (non-hydrogen) atoms. The largest absolute Gasteiger partial charge is 0.492 e. The summed E-state index contributed by atoms with van der Waals surface area (Å²) in [4.78, 5) is 14.9. The van der Waals surface area contributed by atoms with E-state index in [0.717, 1.165) is 50.0 Å². The number of benzene rings is 1. The molecule has 2 aliphatic rings. The van der Waals surface area contributed by atoms with E-state index in [0.29, 0.717) is 19.2 Å². The van der Waals surface area contributed by atoms with Crippen molar-refractivity contribution in [1.29, 1.82) is 0 Å². The molecule has 2 unspecified atom stereocenters. The molecule has 0 aliphatic carbocycles. The van der Waals surface area contributed by atoms with Crippen molar-refractivity contribution in [2.45, 2.75) is 38.1 Å². The maximum absolute atomic E-state index is 12.8. The highest BCUT2D eigenvalue weighted by atomic mass is 16.5. The van der Waals surface area contributed by atoms with Crippen molar-refractivity contribution in [3.63, 3.8) is 0 Å². The molecule has 1 amide bonds. The summed E-state index contributed by atoms with van der Waals surface area (Å²) < 4.78 is 5.77. The van der Waals surface area contributed by atoms with E-state index >= 15 is 0 Å². The van der Waals surface area contributed by atoms with Crippen LogP contribution in [0.5, 0.6) is 5.75 Å². The fraction of sp³-hybridized carbons (Fsp3) is 0.588. The number of nitrogens with two attached hydrogens (primary N) is 1. The molecule has 114 valence electrons. The highest BCUT2D eigenvalue weighted by Crippen LogP contribution is 2.30. The number of amides is 1. The van der Waals surface area contributed by atoms with E-state index < -0.39 is 0 Å². The Morgan fingerprint density at radius 3 is 3.10 bits per heavy atom. The molecule has 0 saturated carbocycles. The van der Waals surface area contributed by atoms with Gasteiger partial charge in [-0.3, -0.25) is 4.79 Å². The topological polar surface area (TPSA) is 55.6 Å². The van der Waals surface area contributed by atoms with Gasteiger partial charge in [-0.25, -0.2) is 0 Å². The van der Waals surface area contributed by atoms with Gasteiger partial charge >= 0.3 is 0 Å². The number of ether oxygens (including phenoxy) is 1. The van der Waals surface area contributed by atoms with Crippen LogP contribution in [0.3, 0.4) is 0 Å². The third kappa shape index (κ3) is 3.05. The molecule has 1 saturated heterocycles. The molecule has 1 fully saturated rings. The van der Waals surface area contributed by atoms with E-state index in [-0.39, 0.29) is 11.8 Å². The Kier molecular flexibility index (Phi) is 4.44. The molecule has 2 aliphatic heterocycles. The molecule has 0 radical (unpaired) electrons. The van der Waals surface area contributed by atoms with Crippen LogP contribution >= 0.6 is 0 Å². The van der Waals surface area contributed by atoms with E-state index in [2.05, 4.69) is 11.0 Å². The van der Waals surface area contributed by atoms with Gasteiger partial charge in [0.05, 0.1) is 5.92 Å².